The smallest absolute Gasteiger partial charge is 0.0969 e. The predicted octanol–water partition coefficient (Wildman–Crippen LogP) is -1.34. The number of quaternary nitrogens is 1. The Morgan fingerprint density at radius 2 is 1.60 bits per heavy atom. The molecule has 0 aliphatic rings. The molecule has 62 valence electrons. The lowest BCUT2D eigenvalue weighted by atomic mass is 10.3. The largest absolute Gasteiger partial charge is 1.00 e. The summed E-state index contributed by atoms with van der Waals surface area (Å²) in [5, 5.41) is 0. The number of rotatable bonds is 2. The van der Waals surface area contributed by atoms with Crippen LogP contribution in [-0.4, -0.2) is 32.2 Å². The Hall–Kier alpha value is 0.180. The first kappa shape index (κ1) is 12.8. The zero-order valence-electron chi connectivity index (χ0n) is 7.61. The highest BCUT2D eigenvalue weighted by molar-refractivity contribution is 4.92. The third-order valence-electron chi connectivity index (χ3n) is 1.05. The van der Waals surface area contributed by atoms with E-state index in [9.17, 15) is 0 Å². The summed E-state index contributed by atoms with van der Waals surface area (Å²) in [6.45, 7) is 5.40. The Morgan fingerprint density at radius 1 is 1.20 bits per heavy atom. The fraction of sp³-hybridized carbons (Fsp3) is 0.750. The lowest BCUT2D eigenvalue weighted by molar-refractivity contribution is -0.864. The molecule has 2 heteroatoms. The first-order valence-corrected chi connectivity index (χ1v) is 3.35. The summed E-state index contributed by atoms with van der Waals surface area (Å²) in [5.74, 6) is 0. The van der Waals surface area contributed by atoms with Gasteiger partial charge in [-0.15, -0.1) is 0 Å². The van der Waals surface area contributed by atoms with E-state index in [1.807, 2.05) is 0 Å². The second kappa shape index (κ2) is 4.91. The summed E-state index contributed by atoms with van der Waals surface area (Å²) in [6.07, 6.45) is 2.26. The van der Waals surface area contributed by atoms with E-state index in [0.29, 0.717) is 0 Å². The number of hydrogen-bond acceptors (Lipinski definition) is 0. The van der Waals surface area contributed by atoms with Crippen LogP contribution >= 0.6 is 0 Å². The standard InChI is InChI=1S/C8H18N.BrH/c1-8(2)6-7-9(3,4)5;/h6H,7H2,1-5H3;1H/q+1;/p-1. The summed E-state index contributed by atoms with van der Waals surface area (Å²) < 4.78 is 1.02. The van der Waals surface area contributed by atoms with Crippen molar-refractivity contribution < 1.29 is 21.5 Å². The minimum atomic E-state index is 0. The lowest BCUT2D eigenvalue weighted by Gasteiger charge is -2.21. The van der Waals surface area contributed by atoms with Gasteiger partial charge < -0.3 is 21.5 Å². The Kier molecular flexibility index (Phi) is 6.30. The van der Waals surface area contributed by atoms with E-state index in [-0.39, 0.29) is 17.0 Å². The van der Waals surface area contributed by atoms with Gasteiger partial charge >= 0.3 is 0 Å². The molecule has 0 spiro atoms. The van der Waals surface area contributed by atoms with Crippen LogP contribution in [0.4, 0.5) is 0 Å². The van der Waals surface area contributed by atoms with E-state index in [2.05, 4.69) is 41.1 Å². The number of halogens is 1. The van der Waals surface area contributed by atoms with Gasteiger partial charge in [0.05, 0.1) is 27.7 Å². The van der Waals surface area contributed by atoms with Crippen molar-refractivity contribution in [1.29, 1.82) is 0 Å². The van der Waals surface area contributed by atoms with Gasteiger partial charge in [-0.05, 0) is 19.9 Å². The second-order valence-corrected chi connectivity index (χ2v) is 3.75. The van der Waals surface area contributed by atoms with Crippen molar-refractivity contribution in [3.8, 4) is 0 Å². The van der Waals surface area contributed by atoms with Crippen LogP contribution in [0.5, 0.6) is 0 Å². The fourth-order valence-electron chi connectivity index (χ4n) is 0.456. The van der Waals surface area contributed by atoms with Gasteiger partial charge in [-0.1, -0.05) is 5.57 Å². The van der Waals surface area contributed by atoms with E-state index < -0.39 is 0 Å². The molecule has 0 aliphatic heterocycles. The van der Waals surface area contributed by atoms with Gasteiger partial charge in [-0.25, -0.2) is 0 Å². The maximum Gasteiger partial charge on any atom is 0.0969 e. The maximum absolute atomic E-state index is 2.26. The molecule has 0 saturated heterocycles. The Bertz CT molecular complexity index is 107. The molecule has 0 N–H and O–H groups in total. The summed E-state index contributed by atoms with van der Waals surface area (Å²) in [7, 11) is 6.58. The first-order chi connectivity index (χ1) is 3.92. The van der Waals surface area contributed by atoms with Crippen LogP contribution < -0.4 is 17.0 Å². The van der Waals surface area contributed by atoms with Crippen molar-refractivity contribution in [1.82, 2.24) is 0 Å². The zero-order valence-corrected chi connectivity index (χ0v) is 9.20. The molecule has 0 aromatic heterocycles. The van der Waals surface area contributed by atoms with Gasteiger partial charge in [0.2, 0.25) is 0 Å². The molecule has 0 amide bonds. The zero-order chi connectivity index (χ0) is 7.49. The van der Waals surface area contributed by atoms with E-state index in [1.165, 1.54) is 5.57 Å². The summed E-state index contributed by atoms with van der Waals surface area (Å²) in [4.78, 5) is 0. The minimum absolute atomic E-state index is 0. The summed E-state index contributed by atoms with van der Waals surface area (Å²) >= 11 is 0. The van der Waals surface area contributed by atoms with Crippen molar-refractivity contribution >= 4 is 0 Å². The van der Waals surface area contributed by atoms with Gasteiger partial charge in [-0.2, -0.15) is 0 Å². The molecule has 0 bridgehead atoms. The lowest BCUT2D eigenvalue weighted by Crippen LogP contribution is -3.00. The molecule has 0 rings (SSSR count). The Labute approximate surface area is 75.1 Å². The van der Waals surface area contributed by atoms with Crippen LogP contribution in [0.3, 0.4) is 0 Å². The molecular weight excluding hydrogens is 190 g/mol. The normalized spacial score (nSPS) is 10.1. The minimum Gasteiger partial charge on any atom is -1.00 e. The van der Waals surface area contributed by atoms with Crippen molar-refractivity contribution in [3.05, 3.63) is 11.6 Å². The first-order valence-electron chi connectivity index (χ1n) is 3.35. The average Bonchev–Trinajstić information content (AvgIpc) is 1.59. The highest BCUT2D eigenvalue weighted by Gasteiger charge is 2.01. The third kappa shape index (κ3) is 11.0. The van der Waals surface area contributed by atoms with Crippen molar-refractivity contribution in [2.75, 3.05) is 27.7 Å². The quantitative estimate of drug-likeness (QED) is 0.389. The monoisotopic (exact) mass is 207 g/mol. The van der Waals surface area contributed by atoms with Crippen molar-refractivity contribution in [2.24, 2.45) is 0 Å². The van der Waals surface area contributed by atoms with Crippen LogP contribution in [0, 0.1) is 0 Å². The summed E-state index contributed by atoms with van der Waals surface area (Å²) in [6, 6.07) is 0. The van der Waals surface area contributed by atoms with Crippen LogP contribution in [0.25, 0.3) is 0 Å². The van der Waals surface area contributed by atoms with Crippen molar-refractivity contribution in [2.45, 2.75) is 13.8 Å². The molecule has 10 heavy (non-hydrogen) atoms. The van der Waals surface area contributed by atoms with Crippen LogP contribution in [0.2, 0.25) is 0 Å². The molecule has 0 unspecified atom stereocenters. The SMILES string of the molecule is CC(C)=CC[N+](C)(C)C.[Br-]. The van der Waals surface area contributed by atoms with Crippen LogP contribution in [0.15, 0.2) is 11.6 Å². The highest BCUT2D eigenvalue weighted by atomic mass is 79.9. The van der Waals surface area contributed by atoms with E-state index in [4.69, 9.17) is 0 Å². The maximum atomic E-state index is 2.26. The van der Waals surface area contributed by atoms with Crippen molar-refractivity contribution in [3.63, 3.8) is 0 Å². The number of hydrogen-bond donors (Lipinski definition) is 0. The summed E-state index contributed by atoms with van der Waals surface area (Å²) in [5.41, 5.74) is 1.41. The van der Waals surface area contributed by atoms with E-state index in [1.54, 1.807) is 0 Å². The average molecular weight is 208 g/mol. The molecular formula is C8H18BrN. The topological polar surface area (TPSA) is 0 Å². The number of allylic oxidation sites excluding steroid dienone is 1. The predicted molar refractivity (Wildman–Crippen MR) is 42.3 cm³/mol. The van der Waals surface area contributed by atoms with Crippen LogP contribution in [-0.2, 0) is 0 Å². The molecule has 0 heterocycles. The van der Waals surface area contributed by atoms with Gasteiger partial charge in [-0.3, -0.25) is 0 Å². The van der Waals surface area contributed by atoms with Gasteiger partial charge in [0.1, 0.15) is 0 Å². The second-order valence-electron chi connectivity index (χ2n) is 3.75. The van der Waals surface area contributed by atoms with E-state index in [0.717, 1.165) is 11.0 Å². The molecule has 1 nitrogen and oxygen atoms in total. The van der Waals surface area contributed by atoms with Gasteiger partial charge in [0.25, 0.3) is 0 Å². The molecule has 0 radical (unpaired) electrons. The van der Waals surface area contributed by atoms with E-state index >= 15 is 0 Å². The third-order valence-corrected chi connectivity index (χ3v) is 1.05. The molecule has 0 aromatic carbocycles. The Morgan fingerprint density at radius 3 is 1.70 bits per heavy atom. The number of likely N-dealkylation sites (N-methyl/N-ethyl adjacent to an activating group) is 1. The Balaban J connectivity index is 0. The fourth-order valence-corrected chi connectivity index (χ4v) is 0.456. The molecule has 0 atom stereocenters. The van der Waals surface area contributed by atoms with Gasteiger partial charge in [0.15, 0.2) is 0 Å². The highest BCUT2D eigenvalue weighted by Crippen LogP contribution is 1.94. The molecule has 0 aromatic rings. The number of nitrogens with zero attached hydrogens (tertiary/aromatic N) is 1. The van der Waals surface area contributed by atoms with Crippen LogP contribution in [0.1, 0.15) is 13.8 Å². The molecule has 0 saturated carbocycles. The van der Waals surface area contributed by atoms with Gasteiger partial charge in [0, 0.05) is 0 Å². The molecule has 0 fully saturated rings. The molecule has 0 aliphatic carbocycles.